The molecule has 0 aliphatic heterocycles. The van der Waals surface area contributed by atoms with Crippen molar-refractivity contribution in [3.05, 3.63) is 46.5 Å². The predicted octanol–water partition coefficient (Wildman–Crippen LogP) is 3.45. The number of carbonyl (C=O) groups is 1. The van der Waals surface area contributed by atoms with Crippen molar-refractivity contribution in [1.82, 2.24) is 4.90 Å². The average molecular weight is 333 g/mol. The molecule has 0 unspecified atom stereocenters. The van der Waals surface area contributed by atoms with E-state index in [1.165, 1.54) is 22.5 Å². The van der Waals surface area contributed by atoms with Gasteiger partial charge in [0.15, 0.2) is 0 Å². The fraction of sp³-hybridized carbons (Fsp3) is 0.357. The maximum absolute atomic E-state index is 12.1. The largest absolute Gasteiger partial charge is 0.467 e. The molecule has 2 aromatic heterocycles. The third-order valence-corrected chi connectivity index (χ3v) is 3.56. The second kappa shape index (κ2) is 7.46. The van der Waals surface area contributed by atoms with Crippen molar-refractivity contribution in [2.24, 2.45) is 0 Å². The molecule has 0 saturated carbocycles. The Morgan fingerprint density at radius 1 is 1.27 bits per heavy atom. The zero-order valence-corrected chi connectivity index (χ0v) is 12.3. The number of alkyl halides is 3. The first-order valence-corrected chi connectivity index (χ1v) is 7.29. The van der Waals surface area contributed by atoms with Crippen LogP contribution in [-0.4, -0.2) is 30.2 Å². The lowest BCUT2D eigenvalue weighted by Gasteiger charge is -2.21. The normalized spacial score (nSPS) is 11.6. The van der Waals surface area contributed by atoms with Crippen LogP contribution in [0.2, 0.25) is 0 Å². The zero-order valence-electron chi connectivity index (χ0n) is 11.5. The van der Waals surface area contributed by atoms with E-state index in [-0.39, 0.29) is 6.54 Å². The Kier molecular flexibility index (Phi) is 5.62. The molecule has 0 bridgehead atoms. The molecule has 120 valence electrons. The van der Waals surface area contributed by atoms with E-state index in [1.54, 1.807) is 12.1 Å². The molecule has 8 heteroatoms. The topological polar surface area (TPSA) is 42.7 Å². The van der Waals surface area contributed by atoms with Crippen molar-refractivity contribution in [3.63, 3.8) is 0 Å². The van der Waals surface area contributed by atoms with E-state index in [0.29, 0.717) is 12.3 Å². The van der Waals surface area contributed by atoms with Crippen molar-refractivity contribution >= 4 is 17.2 Å². The van der Waals surface area contributed by atoms with Gasteiger partial charge in [0.05, 0.1) is 19.4 Å². The number of nitrogens with zero attached hydrogens (tertiary/aromatic N) is 1. The molecule has 2 rings (SSSR count). The molecule has 0 aromatic carbocycles. The maximum Gasteiger partial charge on any atom is 0.411 e. The minimum absolute atomic E-state index is 0.180. The Bertz CT molecular complexity index is 530. The van der Waals surface area contributed by atoms with Crippen LogP contribution in [0.25, 0.3) is 0 Å². The van der Waals surface area contributed by atoms with E-state index in [0.717, 1.165) is 4.88 Å². The number of amides is 1. The number of hydrogen-bond donors (Lipinski definition) is 0. The minimum Gasteiger partial charge on any atom is -0.467 e. The third-order valence-electron chi connectivity index (χ3n) is 2.70. The summed E-state index contributed by atoms with van der Waals surface area (Å²) in [6.45, 7) is -1.58. The molecule has 2 heterocycles. The SMILES string of the molecule is O=C(COCC(F)(F)F)N(Cc1ccco1)Cc1cccs1. The second-order valence-corrected chi connectivity index (χ2v) is 5.55. The molecule has 0 radical (unpaired) electrons. The Morgan fingerprint density at radius 2 is 2.09 bits per heavy atom. The van der Waals surface area contributed by atoms with Crippen LogP contribution in [0.1, 0.15) is 10.6 Å². The number of thiophene rings is 1. The van der Waals surface area contributed by atoms with Gasteiger partial charge in [0.2, 0.25) is 5.91 Å². The van der Waals surface area contributed by atoms with E-state index >= 15 is 0 Å². The summed E-state index contributed by atoms with van der Waals surface area (Å²) in [5, 5.41) is 1.87. The second-order valence-electron chi connectivity index (χ2n) is 4.52. The highest BCUT2D eigenvalue weighted by atomic mass is 32.1. The highest BCUT2D eigenvalue weighted by Gasteiger charge is 2.28. The predicted molar refractivity (Wildman–Crippen MR) is 74.2 cm³/mol. The number of ether oxygens (including phenoxy) is 1. The monoisotopic (exact) mass is 333 g/mol. The quantitative estimate of drug-likeness (QED) is 0.779. The minimum atomic E-state index is -4.44. The molecule has 1 amide bonds. The van der Waals surface area contributed by atoms with Crippen LogP contribution in [-0.2, 0) is 22.6 Å². The van der Waals surface area contributed by atoms with Crippen molar-refractivity contribution in [3.8, 4) is 0 Å². The van der Waals surface area contributed by atoms with E-state index in [2.05, 4.69) is 4.74 Å². The number of furan rings is 1. The Hall–Kier alpha value is -1.80. The van der Waals surface area contributed by atoms with Crippen LogP contribution in [0.5, 0.6) is 0 Å². The van der Waals surface area contributed by atoms with Crippen molar-refractivity contribution in [1.29, 1.82) is 0 Å². The van der Waals surface area contributed by atoms with Crippen LogP contribution in [0.15, 0.2) is 40.3 Å². The van der Waals surface area contributed by atoms with E-state index in [1.807, 2.05) is 17.5 Å². The van der Waals surface area contributed by atoms with Gasteiger partial charge in [0.25, 0.3) is 0 Å². The summed E-state index contributed by atoms with van der Waals surface area (Å²) in [5.74, 6) is 0.0368. The van der Waals surface area contributed by atoms with Gasteiger partial charge in [-0.15, -0.1) is 11.3 Å². The summed E-state index contributed by atoms with van der Waals surface area (Å²) in [7, 11) is 0. The summed E-state index contributed by atoms with van der Waals surface area (Å²) < 4.78 is 45.8. The Balaban J connectivity index is 1.95. The van der Waals surface area contributed by atoms with Gasteiger partial charge in [-0.2, -0.15) is 13.2 Å². The van der Waals surface area contributed by atoms with Crippen molar-refractivity contribution in [2.75, 3.05) is 13.2 Å². The summed E-state index contributed by atoms with van der Waals surface area (Å²) in [5.41, 5.74) is 0. The maximum atomic E-state index is 12.1. The van der Waals surface area contributed by atoms with Gasteiger partial charge in [-0.3, -0.25) is 4.79 Å². The van der Waals surface area contributed by atoms with Crippen LogP contribution < -0.4 is 0 Å². The third kappa shape index (κ3) is 5.53. The molecule has 0 aliphatic rings. The average Bonchev–Trinajstić information content (AvgIpc) is 3.09. The molecule has 0 fully saturated rings. The molecule has 0 atom stereocenters. The van der Waals surface area contributed by atoms with E-state index < -0.39 is 25.3 Å². The van der Waals surface area contributed by atoms with Gasteiger partial charge in [0.1, 0.15) is 19.0 Å². The number of halogens is 3. The van der Waals surface area contributed by atoms with Crippen LogP contribution >= 0.6 is 11.3 Å². The Morgan fingerprint density at radius 3 is 2.68 bits per heavy atom. The van der Waals surface area contributed by atoms with Gasteiger partial charge in [0, 0.05) is 4.88 Å². The molecular weight excluding hydrogens is 319 g/mol. The van der Waals surface area contributed by atoms with E-state index in [9.17, 15) is 18.0 Å². The van der Waals surface area contributed by atoms with Crippen LogP contribution in [0, 0.1) is 0 Å². The molecule has 4 nitrogen and oxygen atoms in total. The smallest absolute Gasteiger partial charge is 0.411 e. The summed E-state index contributed by atoms with van der Waals surface area (Å²) in [4.78, 5) is 14.4. The van der Waals surface area contributed by atoms with Gasteiger partial charge in [-0.05, 0) is 23.6 Å². The molecule has 0 aliphatic carbocycles. The highest BCUT2D eigenvalue weighted by Crippen LogP contribution is 2.17. The van der Waals surface area contributed by atoms with Crippen LogP contribution in [0.4, 0.5) is 13.2 Å². The first-order valence-electron chi connectivity index (χ1n) is 6.41. The highest BCUT2D eigenvalue weighted by molar-refractivity contribution is 7.09. The van der Waals surface area contributed by atoms with Gasteiger partial charge < -0.3 is 14.1 Å². The first-order chi connectivity index (χ1) is 10.4. The van der Waals surface area contributed by atoms with Gasteiger partial charge in [-0.25, -0.2) is 0 Å². The summed E-state index contributed by atoms with van der Waals surface area (Å²) in [6.07, 6.45) is -2.97. The summed E-state index contributed by atoms with van der Waals surface area (Å²) >= 11 is 1.46. The number of carbonyl (C=O) groups excluding carboxylic acids is 1. The molecule has 22 heavy (non-hydrogen) atoms. The fourth-order valence-corrected chi connectivity index (χ4v) is 2.48. The van der Waals surface area contributed by atoms with E-state index in [4.69, 9.17) is 4.42 Å². The zero-order chi connectivity index (χ0) is 16.0. The van der Waals surface area contributed by atoms with Crippen molar-refractivity contribution < 1.29 is 27.1 Å². The molecule has 0 spiro atoms. The molecular formula is C14H14F3NO3S. The first kappa shape index (κ1) is 16.6. The van der Waals surface area contributed by atoms with Gasteiger partial charge >= 0.3 is 6.18 Å². The lowest BCUT2D eigenvalue weighted by molar-refractivity contribution is -0.178. The number of rotatable bonds is 7. The fourth-order valence-electron chi connectivity index (χ4n) is 1.76. The molecule has 0 N–H and O–H groups in total. The number of hydrogen-bond acceptors (Lipinski definition) is 4. The summed E-state index contributed by atoms with van der Waals surface area (Å²) in [6, 6.07) is 7.08. The Labute approximate surface area is 129 Å². The lowest BCUT2D eigenvalue weighted by atomic mass is 10.3. The van der Waals surface area contributed by atoms with Crippen molar-refractivity contribution in [2.45, 2.75) is 19.3 Å². The molecule has 2 aromatic rings. The standard InChI is InChI=1S/C14H14F3NO3S/c15-14(16,17)10-20-9-13(19)18(7-11-3-1-5-21-11)8-12-4-2-6-22-12/h1-6H,7-10H2. The van der Waals surface area contributed by atoms with Crippen LogP contribution in [0.3, 0.4) is 0 Å². The van der Waals surface area contributed by atoms with Gasteiger partial charge in [-0.1, -0.05) is 6.07 Å². The lowest BCUT2D eigenvalue weighted by Crippen LogP contribution is -2.34. The molecule has 0 saturated heterocycles.